The number of hydrogen-bond acceptors (Lipinski definition) is 8. The molecule has 0 spiro atoms. The molecule has 0 N–H and O–H groups in total. The largest absolute Gasteiger partial charge is 0.471 e. The molecule has 44 heavy (non-hydrogen) atoms. The van der Waals surface area contributed by atoms with Crippen LogP contribution in [0.2, 0.25) is 20.1 Å². The lowest BCUT2D eigenvalue weighted by atomic mass is 10.1. The van der Waals surface area contributed by atoms with Crippen molar-refractivity contribution < 1.29 is 51.2 Å². The summed E-state index contributed by atoms with van der Waals surface area (Å²) in [5, 5.41) is 0.154. The van der Waals surface area contributed by atoms with E-state index >= 15 is 0 Å². The first-order valence-corrected chi connectivity index (χ1v) is 16.7. The number of nitrogens with zero attached hydrogens (tertiary/aromatic N) is 1. The second kappa shape index (κ2) is 18.9. The molecule has 0 radical (unpaired) electrons. The van der Waals surface area contributed by atoms with E-state index in [1.165, 1.54) is 36.4 Å². The van der Waals surface area contributed by atoms with Crippen molar-refractivity contribution in [2.75, 3.05) is 19.4 Å². The summed E-state index contributed by atoms with van der Waals surface area (Å²) in [5.74, 6) is -4.23. The zero-order valence-electron chi connectivity index (χ0n) is 23.5. The molecule has 0 aliphatic carbocycles. The monoisotopic (exact) mass is 725 g/mol. The quantitative estimate of drug-likeness (QED) is 0.0464. The van der Waals surface area contributed by atoms with E-state index in [0.717, 1.165) is 44.9 Å². The van der Waals surface area contributed by atoms with Gasteiger partial charge in [-0.1, -0.05) is 108 Å². The standard InChI is InChI=1S/C27H31Cl4F3NO8P/c1-2-3-4-5-6-7-8-9-14-39-25(36)17-35(26(37)27(32,33)34)18-44(38,42-40-23-12-10-19(28)15-21(23)30)43-41-24-13-11-20(29)16-22(24)31/h10-13,15-16H,2-9,14,17-18H2,1H3. The average Bonchev–Trinajstić information content (AvgIpc) is 2.94. The number of rotatable bonds is 19. The van der Waals surface area contributed by atoms with Crippen LogP contribution >= 0.6 is 54.0 Å². The molecule has 0 unspecified atom stereocenters. The molecule has 2 aromatic rings. The highest BCUT2D eigenvalue weighted by Crippen LogP contribution is 2.51. The number of unbranched alkanes of at least 4 members (excludes halogenated alkanes) is 7. The number of carbonyl (C=O) groups is 2. The van der Waals surface area contributed by atoms with Gasteiger partial charge < -0.3 is 19.4 Å². The van der Waals surface area contributed by atoms with Gasteiger partial charge in [0.2, 0.25) is 0 Å². The Morgan fingerprint density at radius 2 is 1.27 bits per heavy atom. The highest BCUT2D eigenvalue weighted by atomic mass is 35.5. The molecule has 0 aromatic heterocycles. The van der Waals surface area contributed by atoms with Crippen molar-refractivity contribution in [2.45, 2.75) is 64.5 Å². The van der Waals surface area contributed by atoms with Crippen molar-refractivity contribution in [1.82, 2.24) is 4.90 Å². The minimum Gasteiger partial charge on any atom is -0.464 e. The maximum Gasteiger partial charge on any atom is 0.471 e. The van der Waals surface area contributed by atoms with Gasteiger partial charge in [-0.05, 0) is 42.8 Å². The smallest absolute Gasteiger partial charge is 0.464 e. The lowest BCUT2D eigenvalue weighted by molar-refractivity contribution is -0.190. The fraction of sp³-hybridized carbons (Fsp3) is 0.481. The molecule has 2 aromatic carbocycles. The average molecular weight is 727 g/mol. The fourth-order valence-corrected chi connectivity index (χ4v) is 5.57. The Bertz CT molecular complexity index is 1230. The Balaban J connectivity index is 2.15. The summed E-state index contributed by atoms with van der Waals surface area (Å²) < 4.78 is 68.8. The Morgan fingerprint density at radius 1 is 0.795 bits per heavy atom. The first kappa shape index (κ1) is 38.3. The molecule has 0 aliphatic heterocycles. The van der Waals surface area contributed by atoms with Gasteiger partial charge in [0.1, 0.15) is 12.8 Å². The number of hydrogen-bond donors (Lipinski definition) is 0. The third-order valence-corrected chi connectivity index (χ3v) is 8.08. The predicted molar refractivity (Wildman–Crippen MR) is 160 cm³/mol. The molecule has 17 heteroatoms. The number of alkyl halides is 3. The van der Waals surface area contributed by atoms with Crippen molar-refractivity contribution in [3.63, 3.8) is 0 Å². The Kier molecular flexibility index (Phi) is 16.4. The normalized spacial score (nSPS) is 11.7. The topological polar surface area (TPSA) is 101 Å². The van der Waals surface area contributed by atoms with E-state index in [4.69, 9.17) is 70.3 Å². The van der Waals surface area contributed by atoms with Crippen LogP contribution in [0.5, 0.6) is 11.5 Å². The maximum absolute atomic E-state index is 13.6. The summed E-state index contributed by atoms with van der Waals surface area (Å²) in [5.41, 5.74) is 0. The molecule has 0 fully saturated rings. The summed E-state index contributed by atoms with van der Waals surface area (Å²) in [6.07, 6.45) is 0.741. The summed E-state index contributed by atoms with van der Waals surface area (Å²) >= 11 is 23.7. The number of ether oxygens (including phenoxy) is 1. The van der Waals surface area contributed by atoms with E-state index in [1.807, 2.05) is 0 Å². The van der Waals surface area contributed by atoms with Crippen LogP contribution in [-0.2, 0) is 28.2 Å². The predicted octanol–water partition coefficient (Wildman–Crippen LogP) is 9.85. The molecule has 0 atom stereocenters. The fourth-order valence-electron chi connectivity index (χ4n) is 3.54. The zero-order chi connectivity index (χ0) is 32.8. The number of esters is 1. The van der Waals surface area contributed by atoms with Crippen LogP contribution in [0.15, 0.2) is 36.4 Å². The molecule has 1 amide bonds. The molecule has 9 nitrogen and oxygen atoms in total. The first-order valence-electron chi connectivity index (χ1n) is 13.5. The van der Waals surface area contributed by atoms with E-state index in [1.54, 1.807) is 0 Å². The van der Waals surface area contributed by atoms with E-state index in [0.29, 0.717) is 6.42 Å². The van der Waals surface area contributed by atoms with Crippen LogP contribution in [0.4, 0.5) is 13.2 Å². The molecule has 0 saturated heterocycles. The van der Waals surface area contributed by atoms with Gasteiger partial charge in [-0.2, -0.15) is 13.2 Å². The van der Waals surface area contributed by atoms with Crippen molar-refractivity contribution in [2.24, 2.45) is 0 Å². The van der Waals surface area contributed by atoms with Gasteiger partial charge in [0.25, 0.3) is 0 Å². The lowest BCUT2D eigenvalue weighted by Gasteiger charge is -2.26. The summed E-state index contributed by atoms with van der Waals surface area (Å²) in [6.45, 7) is 0.797. The third-order valence-electron chi connectivity index (χ3n) is 5.72. The van der Waals surface area contributed by atoms with E-state index in [-0.39, 0.29) is 43.1 Å². The minimum atomic E-state index is -5.47. The van der Waals surface area contributed by atoms with Gasteiger partial charge in [0, 0.05) is 10.0 Å². The molecular weight excluding hydrogens is 696 g/mol. The molecule has 2 rings (SSSR count). The third kappa shape index (κ3) is 14.0. The van der Waals surface area contributed by atoms with Gasteiger partial charge in [0.15, 0.2) is 11.5 Å². The Hall–Kier alpha value is -1.92. The number of benzene rings is 2. The van der Waals surface area contributed by atoms with Gasteiger partial charge in [-0.15, -0.1) is 0 Å². The number of halogens is 7. The Morgan fingerprint density at radius 3 is 1.73 bits per heavy atom. The van der Waals surface area contributed by atoms with Crippen LogP contribution in [-0.4, -0.2) is 42.4 Å². The molecule has 0 aliphatic rings. The first-order chi connectivity index (χ1) is 20.7. The second-order valence-electron chi connectivity index (χ2n) is 9.41. The van der Waals surface area contributed by atoms with E-state index < -0.39 is 38.5 Å². The molecular formula is C27H31Cl4F3NO8P. The number of amides is 1. The van der Waals surface area contributed by atoms with Crippen molar-refractivity contribution in [3.05, 3.63) is 56.5 Å². The molecule has 0 saturated carbocycles. The van der Waals surface area contributed by atoms with Gasteiger partial charge in [-0.3, -0.25) is 14.2 Å². The maximum atomic E-state index is 13.6. The van der Waals surface area contributed by atoms with Crippen LogP contribution in [0, 0.1) is 0 Å². The minimum absolute atomic E-state index is 0.0805. The summed E-state index contributed by atoms with van der Waals surface area (Å²) in [7, 11) is -5.03. The van der Waals surface area contributed by atoms with Crippen LogP contribution in [0.25, 0.3) is 0 Å². The van der Waals surface area contributed by atoms with Gasteiger partial charge in [-0.25, -0.2) is 0 Å². The van der Waals surface area contributed by atoms with Gasteiger partial charge >= 0.3 is 25.6 Å². The molecule has 0 bridgehead atoms. The van der Waals surface area contributed by atoms with E-state index in [2.05, 4.69) is 6.92 Å². The summed E-state index contributed by atoms with van der Waals surface area (Å²) in [4.78, 5) is 34.4. The highest BCUT2D eigenvalue weighted by molar-refractivity contribution is 7.53. The zero-order valence-corrected chi connectivity index (χ0v) is 27.5. The summed E-state index contributed by atoms with van der Waals surface area (Å²) in [6, 6.07) is 7.52. The molecule has 246 valence electrons. The van der Waals surface area contributed by atoms with Crippen LogP contribution in [0.3, 0.4) is 0 Å². The lowest BCUT2D eigenvalue weighted by Crippen LogP contribution is -2.45. The van der Waals surface area contributed by atoms with Crippen molar-refractivity contribution in [3.8, 4) is 11.5 Å². The Labute approximate surface area is 273 Å². The van der Waals surface area contributed by atoms with E-state index in [9.17, 15) is 27.3 Å². The van der Waals surface area contributed by atoms with Gasteiger partial charge in [0.05, 0.1) is 16.7 Å². The second-order valence-corrected chi connectivity index (χ2v) is 12.9. The van der Waals surface area contributed by atoms with Crippen molar-refractivity contribution >= 4 is 65.9 Å². The SMILES string of the molecule is CCCCCCCCCCOC(=O)CN(CP(=O)(OOc1ccc(Cl)cc1Cl)OOc1ccc(Cl)cc1Cl)C(=O)C(F)(F)F. The van der Waals surface area contributed by atoms with Crippen LogP contribution in [0.1, 0.15) is 58.3 Å². The molecule has 0 heterocycles. The number of carbonyl (C=O) groups excluding carboxylic acids is 2. The van der Waals surface area contributed by atoms with Crippen molar-refractivity contribution in [1.29, 1.82) is 0 Å². The highest BCUT2D eigenvalue weighted by Gasteiger charge is 2.47. The van der Waals surface area contributed by atoms with Crippen LogP contribution < -0.4 is 9.78 Å².